The van der Waals surface area contributed by atoms with Crippen LogP contribution >= 0.6 is 0 Å². The molecule has 0 unspecified atom stereocenters. The van der Waals surface area contributed by atoms with Gasteiger partial charge < -0.3 is 5.32 Å². The molecule has 0 saturated heterocycles. The number of hydrogen-bond donors (Lipinski definition) is 1. The van der Waals surface area contributed by atoms with E-state index in [4.69, 9.17) is 10.8 Å². The van der Waals surface area contributed by atoms with Crippen molar-refractivity contribution in [3.8, 4) is 6.07 Å². The summed E-state index contributed by atoms with van der Waals surface area (Å²) in [4.78, 5) is 13.6. The minimum Gasteiger partial charge on any atom is -0.326 e. The van der Waals surface area contributed by atoms with Gasteiger partial charge in [0.15, 0.2) is 0 Å². The predicted molar refractivity (Wildman–Crippen MR) is 58.4 cm³/mol. The maximum atomic E-state index is 11.2. The summed E-state index contributed by atoms with van der Waals surface area (Å²) >= 11 is 0. The SMILES string of the molecule is N#CCc1ccc(NC(=O)CN=[N+]=[N-])cc1. The Kier molecular flexibility index (Phi) is 4.38. The number of hydrogen-bond acceptors (Lipinski definition) is 3. The van der Waals surface area contributed by atoms with Gasteiger partial charge in [-0.2, -0.15) is 5.26 Å². The summed E-state index contributed by atoms with van der Waals surface area (Å²) in [5.74, 6) is -0.370. The van der Waals surface area contributed by atoms with Gasteiger partial charge in [0, 0.05) is 10.6 Å². The fourth-order valence-electron chi connectivity index (χ4n) is 1.09. The number of nitrogens with one attached hydrogen (secondary N) is 1. The van der Waals surface area contributed by atoms with Gasteiger partial charge in [0.25, 0.3) is 0 Å². The molecule has 1 rings (SSSR count). The van der Waals surface area contributed by atoms with Crippen molar-refractivity contribution in [1.29, 1.82) is 5.26 Å². The van der Waals surface area contributed by atoms with Crippen molar-refractivity contribution in [3.05, 3.63) is 40.3 Å². The molecule has 1 amide bonds. The molecule has 1 N–H and O–H groups in total. The van der Waals surface area contributed by atoms with Crippen LogP contribution in [0.15, 0.2) is 29.4 Å². The predicted octanol–water partition coefficient (Wildman–Crippen LogP) is 2.00. The summed E-state index contributed by atoms with van der Waals surface area (Å²) < 4.78 is 0. The molecule has 16 heavy (non-hydrogen) atoms. The van der Waals surface area contributed by atoms with Gasteiger partial charge in [-0.1, -0.05) is 17.2 Å². The van der Waals surface area contributed by atoms with Crippen LogP contribution in [0, 0.1) is 11.3 Å². The van der Waals surface area contributed by atoms with Gasteiger partial charge in [-0.15, -0.1) is 0 Å². The molecule has 0 aliphatic rings. The van der Waals surface area contributed by atoms with Gasteiger partial charge in [-0.05, 0) is 23.2 Å². The minimum atomic E-state index is -0.370. The monoisotopic (exact) mass is 215 g/mol. The lowest BCUT2D eigenvalue weighted by molar-refractivity contribution is -0.114. The fourth-order valence-corrected chi connectivity index (χ4v) is 1.09. The zero-order chi connectivity index (χ0) is 11.8. The van der Waals surface area contributed by atoms with Crippen LogP contribution in [0.1, 0.15) is 5.56 Å². The van der Waals surface area contributed by atoms with Crippen molar-refractivity contribution in [2.75, 3.05) is 11.9 Å². The molecule has 0 radical (unpaired) electrons. The first-order chi connectivity index (χ1) is 7.76. The highest BCUT2D eigenvalue weighted by atomic mass is 16.1. The van der Waals surface area contributed by atoms with Crippen LogP contribution in [0.3, 0.4) is 0 Å². The zero-order valence-corrected chi connectivity index (χ0v) is 8.42. The van der Waals surface area contributed by atoms with Crippen LogP contribution < -0.4 is 5.32 Å². The van der Waals surface area contributed by atoms with Gasteiger partial charge >= 0.3 is 0 Å². The Morgan fingerprint density at radius 3 is 2.75 bits per heavy atom. The molecule has 0 aliphatic carbocycles. The van der Waals surface area contributed by atoms with Crippen molar-refractivity contribution in [2.45, 2.75) is 6.42 Å². The second kappa shape index (κ2) is 6.06. The van der Waals surface area contributed by atoms with Crippen molar-refractivity contribution in [2.24, 2.45) is 5.11 Å². The number of amides is 1. The number of anilines is 1. The summed E-state index contributed by atoms with van der Waals surface area (Å²) in [5, 5.41) is 14.2. The second-order valence-corrected chi connectivity index (χ2v) is 2.97. The molecule has 6 nitrogen and oxygen atoms in total. The number of carbonyl (C=O) groups is 1. The Morgan fingerprint density at radius 1 is 1.50 bits per heavy atom. The van der Waals surface area contributed by atoms with Crippen LogP contribution in [0.5, 0.6) is 0 Å². The molecule has 0 saturated carbocycles. The standard InChI is InChI=1S/C10H9N5O/c11-6-5-8-1-3-9(4-2-8)14-10(16)7-13-15-12/h1-4H,5,7H2,(H,14,16). The lowest BCUT2D eigenvalue weighted by Crippen LogP contribution is -2.14. The van der Waals surface area contributed by atoms with Crippen LogP contribution in [0.25, 0.3) is 10.4 Å². The van der Waals surface area contributed by atoms with Gasteiger partial charge in [0.05, 0.1) is 12.5 Å². The number of nitriles is 1. The third-order valence-electron chi connectivity index (χ3n) is 1.80. The topological polar surface area (TPSA) is 102 Å². The highest BCUT2D eigenvalue weighted by Crippen LogP contribution is 2.09. The molecule has 80 valence electrons. The largest absolute Gasteiger partial charge is 0.326 e. The number of nitrogens with zero attached hydrogens (tertiary/aromatic N) is 4. The van der Waals surface area contributed by atoms with E-state index < -0.39 is 0 Å². The molecule has 0 atom stereocenters. The van der Waals surface area contributed by atoms with E-state index in [0.29, 0.717) is 12.1 Å². The fraction of sp³-hybridized carbons (Fsp3) is 0.200. The van der Waals surface area contributed by atoms with E-state index >= 15 is 0 Å². The third-order valence-corrected chi connectivity index (χ3v) is 1.80. The quantitative estimate of drug-likeness (QED) is 0.471. The molecule has 0 fully saturated rings. The first-order valence-corrected chi connectivity index (χ1v) is 4.53. The van der Waals surface area contributed by atoms with E-state index in [0.717, 1.165) is 5.56 Å². The maximum Gasteiger partial charge on any atom is 0.230 e. The molecule has 1 aromatic carbocycles. The van der Waals surface area contributed by atoms with Gasteiger partial charge in [0.2, 0.25) is 5.91 Å². The first kappa shape index (κ1) is 11.6. The van der Waals surface area contributed by atoms with Crippen LogP contribution in [-0.4, -0.2) is 12.5 Å². The molecule has 0 bridgehead atoms. The van der Waals surface area contributed by atoms with E-state index in [1.54, 1.807) is 24.3 Å². The van der Waals surface area contributed by atoms with Crippen LogP contribution in [0.4, 0.5) is 5.69 Å². The van der Waals surface area contributed by atoms with E-state index in [2.05, 4.69) is 15.3 Å². The average molecular weight is 215 g/mol. The Labute approximate surface area is 92.1 Å². The summed E-state index contributed by atoms with van der Waals surface area (Å²) in [5.41, 5.74) is 9.52. The first-order valence-electron chi connectivity index (χ1n) is 4.53. The van der Waals surface area contributed by atoms with Gasteiger partial charge in [0.1, 0.15) is 6.54 Å². The van der Waals surface area contributed by atoms with Crippen molar-refractivity contribution in [3.63, 3.8) is 0 Å². The number of rotatable bonds is 4. The molecular formula is C10H9N5O. The highest BCUT2D eigenvalue weighted by molar-refractivity contribution is 5.92. The molecule has 6 heteroatoms. The van der Waals surface area contributed by atoms with Crippen molar-refractivity contribution < 1.29 is 4.79 Å². The Balaban J connectivity index is 2.58. The second-order valence-electron chi connectivity index (χ2n) is 2.97. The molecule has 0 heterocycles. The number of carbonyl (C=O) groups excluding carboxylic acids is 1. The Bertz CT molecular complexity index is 453. The number of benzene rings is 1. The Morgan fingerprint density at radius 2 is 2.19 bits per heavy atom. The molecule has 0 aromatic heterocycles. The third kappa shape index (κ3) is 3.70. The van der Waals surface area contributed by atoms with E-state index in [1.807, 2.05) is 6.07 Å². The molecule has 0 aliphatic heterocycles. The lowest BCUT2D eigenvalue weighted by Gasteiger charge is -2.03. The minimum absolute atomic E-state index is 0.226. The summed E-state index contributed by atoms with van der Waals surface area (Å²) in [6.45, 7) is -0.226. The van der Waals surface area contributed by atoms with Crippen molar-refractivity contribution >= 4 is 11.6 Å². The average Bonchev–Trinajstić information content (AvgIpc) is 2.29. The highest BCUT2D eigenvalue weighted by Gasteiger charge is 2.00. The zero-order valence-electron chi connectivity index (χ0n) is 8.42. The summed E-state index contributed by atoms with van der Waals surface area (Å²) in [7, 11) is 0. The van der Waals surface area contributed by atoms with Gasteiger partial charge in [-0.25, -0.2) is 0 Å². The molecular weight excluding hydrogens is 206 g/mol. The smallest absolute Gasteiger partial charge is 0.230 e. The lowest BCUT2D eigenvalue weighted by atomic mass is 10.1. The van der Waals surface area contributed by atoms with Gasteiger partial charge in [-0.3, -0.25) is 4.79 Å². The molecule has 0 spiro atoms. The van der Waals surface area contributed by atoms with Crippen molar-refractivity contribution in [1.82, 2.24) is 0 Å². The summed E-state index contributed by atoms with van der Waals surface area (Å²) in [6, 6.07) is 8.93. The normalized spacial score (nSPS) is 8.69. The Hall–Kier alpha value is -2.51. The van der Waals surface area contributed by atoms with E-state index in [-0.39, 0.29) is 12.5 Å². The molecule has 1 aromatic rings. The summed E-state index contributed by atoms with van der Waals surface area (Å²) in [6.07, 6.45) is 0.340. The van der Waals surface area contributed by atoms with Crippen LogP contribution in [-0.2, 0) is 11.2 Å². The maximum absolute atomic E-state index is 11.2. The van der Waals surface area contributed by atoms with E-state index in [9.17, 15) is 4.79 Å². The van der Waals surface area contributed by atoms with Crippen LogP contribution in [0.2, 0.25) is 0 Å². The number of azide groups is 1. The van der Waals surface area contributed by atoms with E-state index in [1.165, 1.54) is 0 Å².